The van der Waals surface area contributed by atoms with Gasteiger partial charge in [-0.3, -0.25) is 9.03 Å². The van der Waals surface area contributed by atoms with Crippen molar-refractivity contribution >= 4 is 42.9 Å². The molecule has 6 nitrogen and oxygen atoms in total. The highest BCUT2D eigenvalue weighted by atomic mass is 35.5. The van der Waals surface area contributed by atoms with E-state index in [1.807, 2.05) is 13.8 Å². The molecule has 32 heavy (non-hydrogen) atoms. The summed E-state index contributed by atoms with van der Waals surface area (Å²) in [5.74, 6) is 0. The molecular weight excluding hydrogens is 468 g/mol. The van der Waals surface area contributed by atoms with Crippen molar-refractivity contribution in [2.45, 2.75) is 23.6 Å². The van der Waals surface area contributed by atoms with E-state index in [-0.39, 0.29) is 16.3 Å². The summed E-state index contributed by atoms with van der Waals surface area (Å²) in [5.41, 5.74) is 3.38. The van der Waals surface area contributed by atoms with Gasteiger partial charge in [0.1, 0.15) is 0 Å². The van der Waals surface area contributed by atoms with Gasteiger partial charge in [-0.25, -0.2) is 16.8 Å². The zero-order chi connectivity index (χ0) is 23.1. The Balaban J connectivity index is 1.71. The van der Waals surface area contributed by atoms with Gasteiger partial charge in [-0.15, -0.1) is 0 Å². The molecular formula is C23H21ClN2O4S2. The second-order valence-electron chi connectivity index (χ2n) is 7.59. The first-order valence-electron chi connectivity index (χ1n) is 9.75. The van der Waals surface area contributed by atoms with Gasteiger partial charge in [0.25, 0.3) is 20.0 Å². The van der Waals surface area contributed by atoms with Crippen molar-refractivity contribution in [3.63, 3.8) is 0 Å². The molecule has 3 aromatic rings. The van der Waals surface area contributed by atoms with Gasteiger partial charge in [-0.05, 0) is 61.9 Å². The number of nitrogens with one attached hydrogen (secondary N) is 1. The third-order valence-electron chi connectivity index (χ3n) is 5.22. The average molecular weight is 489 g/mol. The first-order chi connectivity index (χ1) is 15.1. The fourth-order valence-corrected chi connectivity index (χ4v) is 5.98. The highest BCUT2D eigenvalue weighted by Crippen LogP contribution is 2.40. The minimum Gasteiger partial charge on any atom is -0.286 e. The summed E-state index contributed by atoms with van der Waals surface area (Å²) in [6.45, 7) is 3.72. The minimum atomic E-state index is -3.85. The van der Waals surface area contributed by atoms with Crippen LogP contribution >= 0.6 is 11.6 Å². The predicted molar refractivity (Wildman–Crippen MR) is 127 cm³/mol. The van der Waals surface area contributed by atoms with Gasteiger partial charge >= 0.3 is 0 Å². The summed E-state index contributed by atoms with van der Waals surface area (Å²) in [4.78, 5) is 0.277. The zero-order valence-corrected chi connectivity index (χ0v) is 19.8. The predicted octanol–water partition coefficient (Wildman–Crippen LogP) is 4.49. The molecule has 0 bridgehead atoms. The molecule has 9 heteroatoms. The van der Waals surface area contributed by atoms with Crippen molar-refractivity contribution in [3.8, 4) is 0 Å². The van der Waals surface area contributed by atoms with Crippen molar-refractivity contribution in [1.29, 1.82) is 0 Å². The molecule has 0 unspecified atom stereocenters. The number of fused-ring (bicyclic) bond motifs is 1. The molecule has 1 heterocycles. The van der Waals surface area contributed by atoms with Crippen molar-refractivity contribution in [1.82, 2.24) is 4.72 Å². The van der Waals surface area contributed by atoms with E-state index in [1.165, 1.54) is 22.6 Å². The number of nitrogens with zero attached hydrogens (tertiary/aromatic N) is 1. The topological polar surface area (TPSA) is 83.6 Å². The molecule has 0 atom stereocenters. The Kier molecular flexibility index (Phi) is 5.79. The van der Waals surface area contributed by atoms with Gasteiger partial charge in [-0.2, -0.15) is 0 Å². The molecule has 0 radical (unpaired) electrons. The lowest BCUT2D eigenvalue weighted by atomic mass is 10.1. The Hall–Kier alpha value is -2.81. The van der Waals surface area contributed by atoms with Crippen LogP contribution in [0.5, 0.6) is 0 Å². The van der Waals surface area contributed by atoms with E-state index >= 15 is 0 Å². The maximum atomic E-state index is 13.3. The van der Waals surface area contributed by atoms with E-state index in [1.54, 1.807) is 54.6 Å². The molecule has 0 amide bonds. The SMILES string of the molecule is Cc1ccc(S(=O)(=O)N/C=C2\CN(S(=O)(=O)c3ccc(C)cc3)c3ccc(Cl)cc32)cc1. The van der Waals surface area contributed by atoms with Gasteiger partial charge in [0.2, 0.25) is 0 Å². The van der Waals surface area contributed by atoms with E-state index < -0.39 is 20.0 Å². The molecule has 0 fully saturated rings. The third-order valence-corrected chi connectivity index (χ3v) is 8.55. The number of anilines is 1. The first-order valence-corrected chi connectivity index (χ1v) is 13.1. The van der Waals surface area contributed by atoms with Crippen LogP contribution in [0.1, 0.15) is 16.7 Å². The minimum absolute atomic E-state index is 0.0255. The molecule has 1 aliphatic heterocycles. The van der Waals surface area contributed by atoms with Crippen molar-refractivity contribution < 1.29 is 16.8 Å². The highest BCUT2D eigenvalue weighted by Gasteiger charge is 2.34. The zero-order valence-electron chi connectivity index (χ0n) is 17.4. The second-order valence-corrected chi connectivity index (χ2v) is 11.6. The second kappa shape index (κ2) is 8.27. The monoisotopic (exact) mass is 488 g/mol. The fourth-order valence-electron chi connectivity index (χ4n) is 3.42. The molecule has 166 valence electrons. The van der Waals surface area contributed by atoms with E-state index in [0.29, 0.717) is 21.8 Å². The van der Waals surface area contributed by atoms with Crippen LogP contribution in [0.25, 0.3) is 5.57 Å². The maximum Gasteiger partial charge on any atom is 0.264 e. The standard InChI is InChI=1S/C23H21ClN2O4S2/c1-16-3-8-20(9-4-16)31(27,28)25-14-18-15-26(23-12-7-19(24)13-22(18)23)32(29,30)21-10-5-17(2)6-11-21/h3-14,25H,15H2,1-2H3/b18-14+. The van der Waals surface area contributed by atoms with Crippen LogP contribution in [0.15, 0.2) is 82.7 Å². The van der Waals surface area contributed by atoms with Crippen LogP contribution in [0.4, 0.5) is 5.69 Å². The van der Waals surface area contributed by atoms with Crippen LogP contribution in [-0.4, -0.2) is 23.4 Å². The fraction of sp³-hybridized carbons (Fsp3) is 0.130. The lowest BCUT2D eigenvalue weighted by Gasteiger charge is -2.19. The lowest BCUT2D eigenvalue weighted by Crippen LogP contribution is -2.29. The number of rotatable bonds is 5. The van der Waals surface area contributed by atoms with Crippen LogP contribution in [0.3, 0.4) is 0 Å². The number of aryl methyl sites for hydroxylation is 2. The molecule has 0 aromatic heterocycles. The Morgan fingerprint density at radius 1 is 0.844 bits per heavy atom. The Labute approximate surface area is 193 Å². The summed E-state index contributed by atoms with van der Waals surface area (Å²) in [7, 11) is -7.67. The summed E-state index contributed by atoms with van der Waals surface area (Å²) in [6.07, 6.45) is 1.33. The number of benzene rings is 3. The van der Waals surface area contributed by atoms with Gasteiger partial charge < -0.3 is 0 Å². The van der Waals surface area contributed by atoms with Gasteiger partial charge in [0.15, 0.2) is 0 Å². The summed E-state index contributed by atoms with van der Waals surface area (Å²) >= 11 is 6.15. The molecule has 0 spiro atoms. The average Bonchev–Trinajstić information content (AvgIpc) is 3.11. The Morgan fingerprint density at radius 3 is 2.00 bits per heavy atom. The number of hydrogen-bond acceptors (Lipinski definition) is 4. The molecule has 1 aliphatic rings. The number of sulfonamides is 2. The van der Waals surface area contributed by atoms with Gasteiger partial charge in [-0.1, -0.05) is 47.0 Å². The maximum absolute atomic E-state index is 13.3. The van der Waals surface area contributed by atoms with E-state index in [9.17, 15) is 16.8 Å². The smallest absolute Gasteiger partial charge is 0.264 e. The van der Waals surface area contributed by atoms with Crippen LogP contribution in [0.2, 0.25) is 5.02 Å². The summed E-state index contributed by atoms with van der Waals surface area (Å²) < 4.78 is 55.8. The molecule has 0 saturated heterocycles. The van der Waals surface area contributed by atoms with Crippen molar-refractivity contribution in [2.75, 3.05) is 10.8 Å². The normalized spacial score (nSPS) is 15.1. The van der Waals surface area contributed by atoms with Gasteiger partial charge in [0, 0.05) is 16.8 Å². The molecule has 0 saturated carbocycles. The number of halogens is 1. The van der Waals surface area contributed by atoms with E-state index in [0.717, 1.165) is 11.1 Å². The Bertz CT molecular complexity index is 1410. The van der Waals surface area contributed by atoms with Crippen molar-refractivity contribution in [3.05, 3.63) is 94.6 Å². The van der Waals surface area contributed by atoms with Gasteiger partial charge in [0.05, 0.1) is 22.0 Å². The summed E-state index contributed by atoms with van der Waals surface area (Å²) in [5, 5.41) is 0.422. The van der Waals surface area contributed by atoms with E-state index in [4.69, 9.17) is 11.6 Å². The van der Waals surface area contributed by atoms with Crippen LogP contribution in [0, 0.1) is 13.8 Å². The molecule has 0 aliphatic carbocycles. The van der Waals surface area contributed by atoms with Crippen LogP contribution < -0.4 is 9.03 Å². The third kappa shape index (κ3) is 4.26. The molecule has 1 N–H and O–H groups in total. The van der Waals surface area contributed by atoms with E-state index in [2.05, 4.69) is 4.72 Å². The molecule has 4 rings (SSSR count). The highest BCUT2D eigenvalue weighted by molar-refractivity contribution is 7.93. The lowest BCUT2D eigenvalue weighted by molar-refractivity contribution is 0.590. The van der Waals surface area contributed by atoms with Crippen molar-refractivity contribution in [2.24, 2.45) is 0 Å². The Morgan fingerprint density at radius 2 is 1.41 bits per heavy atom. The van der Waals surface area contributed by atoms with Crippen LogP contribution in [-0.2, 0) is 20.0 Å². The first kappa shape index (κ1) is 22.4. The summed E-state index contributed by atoms with van der Waals surface area (Å²) in [6, 6.07) is 17.9. The number of hydrogen-bond donors (Lipinski definition) is 1. The molecule has 3 aromatic carbocycles. The quantitative estimate of drug-likeness (QED) is 0.573. The largest absolute Gasteiger partial charge is 0.286 e.